The molecule has 1 amide bonds. The fourth-order valence-electron chi connectivity index (χ4n) is 4.47. The summed E-state index contributed by atoms with van der Waals surface area (Å²) in [7, 11) is 5.94. The number of carbonyl (C=O) groups excluding carboxylic acids is 2. The molecule has 38 heavy (non-hydrogen) atoms. The van der Waals surface area contributed by atoms with Crippen LogP contribution in [0.3, 0.4) is 0 Å². The topological polar surface area (TPSA) is 104 Å². The Kier molecular flexibility index (Phi) is 7.76. The van der Waals surface area contributed by atoms with Crippen LogP contribution in [0, 0.1) is 0 Å². The third-order valence-electron chi connectivity index (χ3n) is 6.24. The highest BCUT2D eigenvalue weighted by Gasteiger charge is 2.47. The van der Waals surface area contributed by atoms with Crippen molar-refractivity contribution >= 4 is 23.1 Å². The van der Waals surface area contributed by atoms with Crippen LogP contribution >= 0.6 is 0 Å². The molecular weight excluding hydrogens is 490 g/mol. The third kappa shape index (κ3) is 4.70. The minimum Gasteiger partial charge on any atom is -0.507 e. The van der Waals surface area contributed by atoms with Crippen molar-refractivity contribution in [1.29, 1.82) is 0 Å². The number of ether oxygens (including phenoxy) is 5. The number of aliphatic hydroxyl groups excluding tert-OH is 1. The highest BCUT2D eigenvalue weighted by atomic mass is 16.5. The number of hydrogen-bond donors (Lipinski definition) is 1. The number of aliphatic hydroxyl groups is 1. The predicted molar refractivity (Wildman–Crippen MR) is 141 cm³/mol. The average Bonchev–Trinajstić information content (AvgIpc) is 3.22. The van der Waals surface area contributed by atoms with E-state index in [2.05, 4.69) is 0 Å². The van der Waals surface area contributed by atoms with Gasteiger partial charge >= 0.3 is 0 Å². The lowest BCUT2D eigenvalue weighted by Crippen LogP contribution is -2.29. The van der Waals surface area contributed by atoms with Gasteiger partial charge in [0.25, 0.3) is 11.7 Å². The molecule has 0 spiro atoms. The molecule has 4 rings (SSSR count). The summed E-state index contributed by atoms with van der Waals surface area (Å²) < 4.78 is 27.2. The number of nitrogens with zero attached hydrogens (tertiary/aromatic N) is 1. The SMILES string of the molecule is CCOc1cccc(N2C(=O)C(=O)/C(=C(/O)c3cc(OC)ccc3OC)C2c2ccc(OC)c(OC)c2)c1. The zero-order valence-corrected chi connectivity index (χ0v) is 21.8. The van der Waals surface area contributed by atoms with Gasteiger partial charge in [-0.2, -0.15) is 0 Å². The van der Waals surface area contributed by atoms with Gasteiger partial charge in [-0.05, 0) is 55.0 Å². The number of ketones is 1. The molecule has 9 nitrogen and oxygen atoms in total. The Bertz CT molecular complexity index is 1400. The van der Waals surface area contributed by atoms with Crippen molar-refractivity contribution in [3.8, 4) is 28.7 Å². The quantitative estimate of drug-likeness (QED) is 0.246. The number of hydrogen-bond acceptors (Lipinski definition) is 8. The molecule has 0 aliphatic carbocycles. The lowest BCUT2D eigenvalue weighted by molar-refractivity contribution is -0.132. The van der Waals surface area contributed by atoms with Gasteiger partial charge < -0.3 is 28.8 Å². The molecule has 9 heteroatoms. The number of amides is 1. The molecule has 3 aromatic carbocycles. The van der Waals surface area contributed by atoms with Crippen LogP contribution in [0.4, 0.5) is 5.69 Å². The molecule has 1 fully saturated rings. The lowest BCUT2D eigenvalue weighted by Gasteiger charge is -2.26. The minimum absolute atomic E-state index is 0.115. The Morgan fingerprint density at radius 2 is 1.53 bits per heavy atom. The summed E-state index contributed by atoms with van der Waals surface area (Å²) in [5, 5.41) is 11.6. The molecule has 1 aliphatic rings. The fourth-order valence-corrected chi connectivity index (χ4v) is 4.47. The highest BCUT2D eigenvalue weighted by Crippen LogP contribution is 2.45. The monoisotopic (exact) mass is 519 g/mol. The number of carbonyl (C=O) groups is 2. The van der Waals surface area contributed by atoms with Gasteiger partial charge in [-0.25, -0.2) is 0 Å². The second kappa shape index (κ2) is 11.2. The second-order valence-electron chi connectivity index (χ2n) is 8.28. The standard InChI is InChI=1S/C29H29NO8/c1-6-38-20-9-7-8-18(15-20)30-26(17-10-12-23(36-4)24(14-17)37-5)25(28(32)29(30)33)27(31)21-16-19(34-2)11-13-22(21)35-3/h7-16,26,31H,6H2,1-5H3/b27-25+. The number of benzene rings is 3. The van der Waals surface area contributed by atoms with Crippen molar-refractivity contribution in [2.24, 2.45) is 0 Å². The van der Waals surface area contributed by atoms with Gasteiger partial charge in [0.15, 0.2) is 11.5 Å². The minimum atomic E-state index is -0.998. The Hall–Kier alpha value is -4.66. The van der Waals surface area contributed by atoms with E-state index in [1.807, 2.05) is 6.92 Å². The molecule has 1 atom stereocenters. The van der Waals surface area contributed by atoms with Crippen LogP contribution in [-0.4, -0.2) is 51.8 Å². The van der Waals surface area contributed by atoms with Crippen molar-refractivity contribution in [2.75, 3.05) is 39.9 Å². The van der Waals surface area contributed by atoms with Crippen molar-refractivity contribution in [3.63, 3.8) is 0 Å². The second-order valence-corrected chi connectivity index (χ2v) is 8.28. The molecule has 0 aromatic heterocycles. The average molecular weight is 520 g/mol. The van der Waals surface area contributed by atoms with Crippen molar-refractivity contribution in [2.45, 2.75) is 13.0 Å². The molecular formula is C29H29NO8. The predicted octanol–water partition coefficient (Wildman–Crippen LogP) is 4.75. The van der Waals surface area contributed by atoms with E-state index in [0.29, 0.717) is 46.6 Å². The number of anilines is 1. The maximum atomic E-state index is 13.6. The number of rotatable bonds is 9. The van der Waals surface area contributed by atoms with Crippen LogP contribution < -0.4 is 28.6 Å². The van der Waals surface area contributed by atoms with Gasteiger partial charge in [-0.1, -0.05) is 12.1 Å². The van der Waals surface area contributed by atoms with Crippen LogP contribution in [-0.2, 0) is 9.59 Å². The zero-order valence-electron chi connectivity index (χ0n) is 21.8. The zero-order chi connectivity index (χ0) is 27.4. The summed E-state index contributed by atoms with van der Waals surface area (Å²) in [6, 6.07) is 15.8. The first-order chi connectivity index (χ1) is 18.4. The van der Waals surface area contributed by atoms with Crippen molar-refractivity contribution < 1.29 is 38.4 Å². The van der Waals surface area contributed by atoms with E-state index < -0.39 is 23.5 Å². The molecule has 0 saturated carbocycles. The van der Waals surface area contributed by atoms with Gasteiger partial charge in [-0.3, -0.25) is 14.5 Å². The summed E-state index contributed by atoms with van der Waals surface area (Å²) in [4.78, 5) is 28.4. The number of Topliss-reactive ketones (excluding diaryl/α,β-unsaturated/α-hetero) is 1. The molecule has 1 unspecified atom stereocenters. The van der Waals surface area contributed by atoms with Crippen LogP contribution in [0.5, 0.6) is 28.7 Å². The van der Waals surface area contributed by atoms with Crippen LogP contribution in [0.15, 0.2) is 66.2 Å². The molecule has 0 bridgehead atoms. The Labute approximate surface area is 220 Å². The fraction of sp³-hybridized carbons (Fsp3) is 0.241. The molecule has 0 radical (unpaired) electrons. The maximum absolute atomic E-state index is 13.6. The van der Waals surface area contributed by atoms with E-state index in [1.54, 1.807) is 60.7 Å². The Balaban J connectivity index is 2.00. The summed E-state index contributed by atoms with van der Waals surface area (Å²) >= 11 is 0. The highest BCUT2D eigenvalue weighted by molar-refractivity contribution is 6.51. The Morgan fingerprint density at radius 1 is 0.816 bits per heavy atom. The first-order valence-electron chi connectivity index (χ1n) is 11.9. The maximum Gasteiger partial charge on any atom is 0.300 e. The van der Waals surface area contributed by atoms with Crippen LogP contribution in [0.1, 0.15) is 24.1 Å². The molecule has 1 aliphatic heterocycles. The summed E-state index contributed by atoms with van der Waals surface area (Å²) in [6.45, 7) is 2.28. The summed E-state index contributed by atoms with van der Waals surface area (Å²) in [6.07, 6.45) is 0. The van der Waals surface area contributed by atoms with E-state index in [4.69, 9.17) is 23.7 Å². The van der Waals surface area contributed by atoms with Gasteiger partial charge in [0.1, 0.15) is 23.0 Å². The van der Waals surface area contributed by atoms with Crippen molar-refractivity contribution in [3.05, 3.63) is 77.4 Å². The van der Waals surface area contributed by atoms with E-state index in [9.17, 15) is 14.7 Å². The third-order valence-corrected chi connectivity index (χ3v) is 6.24. The summed E-state index contributed by atoms with van der Waals surface area (Å²) in [5.74, 6) is 0.0942. The van der Waals surface area contributed by atoms with Crippen molar-refractivity contribution in [1.82, 2.24) is 0 Å². The largest absolute Gasteiger partial charge is 0.507 e. The van der Waals surface area contributed by atoms with E-state index in [-0.39, 0.29) is 11.1 Å². The number of methoxy groups -OCH3 is 4. The van der Waals surface area contributed by atoms with E-state index in [1.165, 1.54) is 33.3 Å². The van der Waals surface area contributed by atoms with Gasteiger partial charge in [-0.15, -0.1) is 0 Å². The van der Waals surface area contributed by atoms with Gasteiger partial charge in [0.05, 0.1) is 52.2 Å². The molecule has 198 valence electrons. The van der Waals surface area contributed by atoms with E-state index in [0.717, 1.165) is 0 Å². The lowest BCUT2D eigenvalue weighted by atomic mass is 9.94. The first-order valence-corrected chi connectivity index (χ1v) is 11.9. The van der Waals surface area contributed by atoms with Crippen LogP contribution in [0.25, 0.3) is 5.76 Å². The smallest absolute Gasteiger partial charge is 0.300 e. The van der Waals surface area contributed by atoms with E-state index >= 15 is 0 Å². The van der Waals surface area contributed by atoms with Crippen LogP contribution in [0.2, 0.25) is 0 Å². The molecule has 3 aromatic rings. The summed E-state index contributed by atoms with van der Waals surface area (Å²) in [5.41, 5.74) is 1.04. The molecule has 1 heterocycles. The normalized spacial score (nSPS) is 16.3. The first kappa shape index (κ1) is 26.4. The molecule has 1 N–H and O–H groups in total. The van der Waals surface area contributed by atoms with Gasteiger partial charge in [0, 0.05) is 11.8 Å². The Morgan fingerprint density at radius 3 is 2.18 bits per heavy atom. The van der Waals surface area contributed by atoms with Gasteiger partial charge in [0.2, 0.25) is 0 Å². The molecule has 1 saturated heterocycles.